The Morgan fingerprint density at radius 2 is 1.79 bits per heavy atom. The third kappa shape index (κ3) is 5.53. The Balaban J connectivity index is 4.08. The molecule has 0 rings (SSSR count). The van der Waals surface area contributed by atoms with Crippen LogP contribution < -0.4 is 0 Å². The summed E-state index contributed by atoms with van der Waals surface area (Å²) in [6.07, 6.45) is 0.841. The Hall–Kier alpha value is -1.10. The van der Waals surface area contributed by atoms with Gasteiger partial charge in [0.05, 0.1) is 13.1 Å². The number of amides is 1. The van der Waals surface area contributed by atoms with E-state index in [0.29, 0.717) is 6.54 Å². The maximum Gasteiger partial charge on any atom is 0.317 e. The van der Waals surface area contributed by atoms with Gasteiger partial charge >= 0.3 is 5.97 Å². The molecule has 0 bridgehead atoms. The summed E-state index contributed by atoms with van der Waals surface area (Å²) >= 11 is 0. The molecule has 0 fully saturated rings. The van der Waals surface area contributed by atoms with E-state index in [1.807, 2.05) is 6.92 Å². The van der Waals surface area contributed by atoms with Gasteiger partial charge in [0, 0.05) is 14.1 Å². The maximum absolute atomic E-state index is 11.3. The molecular formula is C9H18N2O3. The summed E-state index contributed by atoms with van der Waals surface area (Å²) in [5, 5.41) is 8.60. The van der Waals surface area contributed by atoms with Gasteiger partial charge in [-0.25, -0.2) is 0 Å². The predicted molar refractivity (Wildman–Crippen MR) is 53.1 cm³/mol. The van der Waals surface area contributed by atoms with Crippen molar-refractivity contribution in [1.82, 2.24) is 9.80 Å². The number of hydrogen-bond donors (Lipinski definition) is 1. The zero-order valence-electron chi connectivity index (χ0n) is 8.99. The van der Waals surface area contributed by atoms with Crippen molar-refractivity contribution in [2.45, 2.75) is 13.3 Å². The van der Waals surface area contributed by atoms with E-state index in [-0.39, 0.29) is 19.0 Å². The number of aliphatic carboxylic acids is 1. The van der Waals surface area contributed by atoms with E-state index in [9.17, 15) is 9.59 Å². The van der Waals surface area contributed by atoms with Crippen LogP contribution in [0, 0.1) is 0 Å². The predicted octanol–water partition coefficient (Wildman–Crippen LogP) is -0.129. The summed E-state index contributed by atoms with van der Waals surface area (Å²) in [6.45, 7) is 2.68. The lowest BCUT2D eigenvalue weighted by molar-refractivity contribution is -0.139. The fourth-order valence-corrected chi connectivity index (χ4v) is 1.05. The minimum absolute atomic E-state index is 0.0697. The molecule has 0 aliphatic rings. The normalized spacial score (nSPS) is 10.3. The van der Waals surface area contributed by atoms with Gasteiger partial charge in [-0.1, -0.05) is 6.92 Å². The largest absolute Gasteiger partial charge is 0.480 e. The van der Waals surface area contributed by atoms with Gasteiger partial charge < -0.3 is 10.0 Å². The van der Waals surface area contributed by atoms with Crippen LogP contribution in [0.25, 0.3) is 0 Å². The highest BCUT2D eigenvalue weighted by atomic mass is 16.4. The first-order chi connectivity index (χ1) is 6.47. The Morgan fingerprint density at radius 1 is 1.21 bits per heavy atom. The molecule has 0 saturated carbocycles. The van der Waals surface area contributed by atoms with Crippen LogP contribution in [0.2, 0.25) is 0 Å². The minimum atomic E-state index is -0.898. The van der Waals surface area contributed by atoms with Gasteiger partial charge in [-0.05, 0) is 13.0 Å². The maximum atomic E-state index is 11.3. The van der Waals surface area contributed by atoms with E-state index in [1.54, 1.807) is 19.0 Å². The first-order valence-corrected chi connectivity index (χ1v) is 4.61. The van der Waals surface area contributed by atoms with Crippen LogP contribution in [0.4, 0.5) is 0 Å². The Bertz CT molecular complexity index is 204. The first kappa shape index (κ1) is 12.9. The average Bonchev–Trinajstić information content (AvgIpc) is 2.02. The molecule has 0 aromatic rings. The molecule has 5 nitrogen and oxygen atoms in total. The lowest BCUT2D eigenvalue weighted by Crippen LogP contribution is -2.39. The molecule has 0 aromatic carbocycles. The van der Waals surface area contributed by atoms with Crippen LogP contribution in [0.1, 0.15) is 13.3 Å². The molecule has 0 heterocycles. The summed E-state index contributed by atoms with van der Waals surface area (Å²) in [5.74, 6) is -0.968. The quantitative estimate of drug-likeness (QED) is 0.652. The second-order valence-corrected chi connectivity index (χ2v) is 3.39. The molecule has 0 aliphatic heterocycles. The number of nitrogens with zero attached hydrogens (tertiary/aromatic N) is 2. The zero-order chi connectivity index (χ0) is 11.1. The van der Waals surface area contributed by atoms with Crippen molar-refractivity contribution in [3.63, 3.8) is 0 Å². The molecule has 1 N–H and O–H groups in total. The van der Waals surface area contributed by atoms with Gasteiger partial charge in [-0.3, -0.25) is 14.5 Å². The molecule has 0 spiro atoms. The molecule has 0 atom stereocenters. The smallest absolute Gasteiger partial charge is 0.317 e. The highest BCUT2D eigenvalue weighted by Crippen LogP contribution is 1.93. The molecular weight excluding hydrogens is 184 g/mol. The minimum Gasteiger partial charge on any atom is -0.480 e. The molecule has 14 heavy (non-hydrogen) atoms. The summed E-state index contributed by atoms with van der Waals surface area (Å²) < 4.78 is 0. The van der Waals surface area contributed by atoms with E-state index in [4.69, 9.17) is 5.11 Å². The third-order valence-electron chi connectivity index (χ3n) is 1.76. The van der Waals surface area contributed by atoms with Gasteiger partial charge in [0.15, 0.2) is 0 Å². The Kier molecular flexibility index (Phi) is 5.87. The van der Waals surface area contributed by atoms with Crippen molar-refractivity contribution >= 4 is 11.9 Å². The molecule has 0 aliphatic carbocycles. The van der Waals surface area contributed by atoms with Crippen molar-refractivity contribution < 1.29 is 14.7 Å². The van der Waals surface area contributed by atoms with Gasteiger partial charge in [-0.15, -0.1) is 0 Å². The zero-order valence-corrected chi connectivity index (χ0v) is 8.99. The van der Waals surface area contributed by atoms with Crippen LogP contribution in [-0.2, 0) is 9.59 Å². The average molecular weight is 202 g/mol. The summed E-state index contributed by atoms with van der Waals surface area (Å²) in [7, 11) is 3.32. The standard InChI is InChI=1S/C9H18N2O3/c1-4-5-11(7-9(13)14)6-8(12)10(2)3/h4-7H2,1-3H3,(H,13,14). The lowest BCUT2D eigenvalue weighted by Gasteiger charge is -2.20. The van der Waals surface area contributed by atoms with Crippen LogP contribution in [0.15, 0.2) is 0 Å². The van der Waals surface area contributed by atoms with Crippen molar-refractivity contribution in [2.75, 3.05) is 33.7 Å². The number of carboxylic acid groups (broad SMARTS) is 1. The third-order valence-corrected chi connectivity index (χ3v) is 1.76. The fraction of sp³-hybridized carbons (Fsp3) is 0.778. The molecule has 1 amide bonds. The topological polar surface area (TPSA) is 60.9 Å². The van der Waals surface area contributed by atoms with Crippen molar-refractivity contribution in [3.8, 4) is 0 Å². The van der Waals surface area contributed by atoms with Gasteiger partial charge in [0.1, 0.15) is 0 Å². The Labute approximate surface area is 84.3 Å². The second-order valence-electron chi connectivity index (χ2n) is 3.39. The van der Waals surface area contributed by atoms with Crippen LogP contribution in [0.3, 0.4) is 0 Å². The van der Waals surface area contributed by atoms with E-state index < -0.39 is 5.97 Å². The van der Waals surface area contributed by atoms with Gasteiger partial charge in [-0.2, -0.15) is 0 Å². The Morgan fingerprint density at radius 3 is 2.14 bits per heavy atom. The van der Waals surface area contributed by atoms with Gasteiger partial charge in [0.2, 0.25) is 5.91 Å². The molecule has 82 valence electrons. The molecule has 0 aromatic heterocycles. The molecule has 5 heteroatoms. The SMILES string of the molecule is CCCN(CC(=O)O)CC(=O)N(C)C. The second kappa shape index (κ2) is 6.37. The van der Waals surface area contributed by atoms with Gasteiger partial charge in [0.25, 0.3) is 0 Å². The molecule has 0 radical (unpaired) electrons. The van der Waals surface area contributed by atoms with Crippen molar-refractivity contribution in [3.05, 3.63) is 0 Å². The molecule has 0 unspecified atom stereocenters. The van der Waals surface area contributed by atoms with E-state index in [0.717, 1.165) is 6.42 Å². The van der Waals surface area contributed by atoms with Crippen molar-refractivity contribution in [1.29, 1.82) is 0 Å². The van der Waals surface area contributed by atoms with E-state index in [1.165, 1.54) is 4.90 Å². The number of carbonyl (C=O) groups is 2. The summed E-state index contributed by atoms with van der Waals surface area (Å²) in [4.78, 5) is 24.9. The van der Waals surface area contributed by atoms with E-state index in [2.05, 4.69) is 0 Å². The summed E-state index contributed by atoms with van der Waals surface area (Å²) in [6, 6.07) is 0. The summed E-state index contributed by atoms with van der Waals surface area (Å²) in [5.41, 5.74) is 0. The van der Waals surface area contributed by atoms with Crippen LogP contribution >= 0.6 is 0 Å². The number of rotatable bonds is 6. The highest BCUT2D eigenvalue weighted by Gasteiger charge is 2.13. The highest BCUT2D eigenvalue weighted by molar-refractivity contribution is 5.78. The number of carbonyl (C=O) groups excluding carboxylic acids is 1. The fourth-order valence-electron chi connectivity index (χ4n) is 1.05. The van der Waals surface area contributed by atoms with Crippen LogP contribution in [-0.4, -0.2) is 60.5 Å². The molecule has 0 saturated heterocycles. The number of likely N-dealkylation sites (N-methyl/N-ethyl adjacent to an activating group) is 1. The first-order valence-electron chi connectivity index (χ1n) is 4.61. The van der Waals surface area contributed by atoms with Crippen LogP contribution in [0.5, 0.6) is 0 Å². The lowest BCUT2D eigenvalue weighted by atomic mass is 10.3. The monoisotopic (exact) mass is 202 g/mol. The van der Waals surface area contributed by atoms with E-state index >= 15 is 0 Å². The number of carboxylic acids is 1. The number of hydrogen-bond acceptors (Lipinski definition) is 3. The van der Waals surface area contributed by atoms with Crippen molar-refractivity contribution in [2.24, 2.45) is 0 Å².